The number of carbonyl (C=O) groups is 1. The predicted octanol–water partition coefficient (Wildman–Crippen LogP) is 4.44. The molecule has 0 aromatic heterocycles. The molecular formula is C21H24N2O. The molecule has 2 N–H and O–H groups in total. The highest BCUT2D eigenvalue weighted by atomic mass is 16.2. The van der Waals surface area contributed by atoms with E-state index in [1.54, 1.807) is 0 Å². The fourth-order valence-corrected chi connectivity index (χ4v) is 4.17. The first-order chi connectivity index (χ1) is 11.8. The standard InChI is InChI=1S/C21H24N2O/c24-21(22-19-13-5-9-15-7-1-3-11-17(15)19)23-20-14-6-10-16-8-2-4-12-18(16)20/h1-4,7-8,11-12,19-20H,5-6,9-10,13-14H2,(H2,22,23,24)/t19-,20-/m0/s1. The van der Waals surface area contributed by atoms with Gasteiger partial charge in [0.15, 0.2) is 0 Å². The molecule has 2 amide bonds. The van der Waals surface area contributed by atoms with Crippen molar-refractivity contribution in [3.8, 4) is 0 Å². The minimum absolute atomic E-state index is 0.0431. The fraction of sp³-hybridized carbons (Fsp3) is 0.381. The van der Waals surface area contributed by atoms with Gasteiger partial charge in [-0.3, -0.25) is 0 Å². The van der Waals surface area contributed by atoms with Gasteiger partial charge in [-0.1, -0.05) is 48.5 Å². The number of aryl methyl sites for hydroxylation is 2. The number of rotatable bonds is 2. The Morgan fingerprint density at radius 2 is 1.21 bits per heavy atom. The lowest BCUT2D eigenvalue weighted by molar-refractivity contribution is 0.230. The number of hydrogen-bond acceptors (Lipinski definition) is 1. The molecule has 4 rings (SSSR count). The van der Waals surface area contributed by atoms with E-state index in [-0.39, 0.29) is 18.1 Å². The average Bonchev–Trinajstić information content (AvgIpc) is 2.62. The second-order valence-electron chi connectivity index (χ2n) is 6.91. The quantitative estimate of drug-likeness (QED) is 0.844. The van der Waals surface area contributed by atoms with Gasteiger partial charge in [-0.25, -0.2) is 4.79 Å². The number of urea groups is 1. The lowest BCUT2D eigenvalue weighted by Gasteiger charge is -2.29. The van der Waals surface area contributed by atoms with Crippen LogP contribution in [0.3, 0.4) is 0 Å². The van der Waals surface area contributed by atoms with Crippen LogP contribution in [0, 0.1) is 0 Å². The molecule has 124 valence electrons. The maximum absolute atomic E-state index is 12.6. The van der Waals surface area contributed by atoms with Gasteiger partial charge in [-0.05, 0) is 60.8 Å². The molecule has 0 aliphatic heterocycles. The predicted molar refractivity (Wildman–Crippen MR) is 95.9 cm³/mol. The molecule has 24 heavy (non-hydrogen) atoms. The Morgan fingerprint density at radius 3 is 1.71 bits per heavy atom. The summed E-state index contributed by atoms with van der Waals surface area (Å²) >= 11 is 0. The van der Waals surface area contributed by atoms with E-state index >= 15 is 0 Å². The van der Waals surface area contributed by atoms with E-state index < -0.39 is 0 Å². The molecule has 0 fully saturated rings. The Hall–Kier alpha value is -2.29. The van der Waals surface area contributed by atoms with Gasteiger partial charge in [0.05, 0.1) is 12.1 Å². The summed E-state index contributed by atoms with van der Waals surface area (Å²) in [6, 6.07) is 17.2. The highest BCUT2D eigenvalue weighted by molar-refractivity contribution is 5.75. The molecule has 0 spiro atoms. The highest BCUT2D eigenvalue weighted by Gasteiger charge is 2.24. The normalized spacial score (nSPS) is 22.2. The molecule has 0 bridgehead atoms. The zero-order valence-electron chi connectivity index (χ0n) is 13.9. The minimum Gasteiger partial charge on any atom is -0.331 e. The summed E-state index contributed by atoms with van der Waals surface area (Å²) < 4.78 is 0. The second-order valence-corrected chi connectivity index (χ2v) is 6.91. The first-order valence-electron chi connectivity index (χ1n) is 9.04. The van der Waals surface area contributed by atoms with E-state index in [9.17, 15) is 4.79 Å². The summed E-state index contributed by atoms with van der Waals surface area (Å²) in [5.74, 6) is 0. The number of hydrogen-bond donors (Lipinski definition) is 2. The Balaban J connectivity index is 1.45. The van der Waals surface area contributed by atoms with Crippen LogP contribution in [0.4, 0.5) is 4.79 Å². The largest absolute Gasteiger partial charge is 0.331 e. The molecule has 2 aliphatic carbocycles. The topological polar surface area (TPSA) is 41.1 Å². The molecule has 2 aromatic carbocycles. The van der Waals surface area contributed by atoms with Crippen LogP contribution in [0.25, 0.3) is 0 Å². The van der Waals surface area contributed by atoms with Crippen molar-refractivity contribution in [2.75, 3.05) is 0 Å². The first kappa shape index (κ1) is 15.3. The van der Waals surface area contributed by atoms with Crippen molar-refractivity contribution < 1.29 is 4.79 Å². The van der Waals surface area contributed by atoms with Gasteiger partial charge in [-0.2, -0.15) is 0 Å². The van der Waals surface area contributed by atoms with Crippen molar-refractivity contribution in [2.24, 2.45) is 0 Å². The van der Waals surface area contributed by atoms with Gasteiger partial charge in [0.2, 0.25) is 0 Å². The molecule has 0 saturated carbocycles. The van der Waals surface area contributed by atoms with Gasteiger partial charge in [0.1, 0.15) is 0 Å². The van der Waals surface area contributed by atoms with Crippen LogP contribution in [0.2, 0.25) is 0 Å². The Bertz CT molecular complexity index is 679. The molecule has 0 radical (unpaired) electrons. The van der Waals surface area contributed by atoms with Crippen LogP contribution >= 0.6 is 0 Å². The Kier molecular flexibility index (Phi) is 4.24. The summed E-state index contributed by atoms with van der Waals surface area (Å²) in [6.07, 6.45) is 6.54. The van der Waals surface area contributed by atoms with E-state index in [1.807, 2.05) is 0 Å². The van der Waals surface area contributed by atoms with Gasteiger partial charge in [0.25, 0.3) is 0 Å². The molecule has 2 aromatic rings. The second kappa shape index (κ2) is 6.68. The third-order valence-corrected chi connectivity index (χ3v) is 5.35. The fourth-order valence-electron chi connectivity index (χ4n) is 4.17. The van der Waals surface area contributed by atoms with Gasteiger partial charge in [-0.15, -0.1) is 0 Å². The Morgan fingerprint density at radius 1 is 0.750 bits per heavy atom. The molecule has 3 nitrogen and oxygen atoms in total. The number of carbonyl (C=O) groups excluding carboxylic acids is 1. The van der Waals surface area contributed by atoms with Crippen molar-refractivity contribution in [1.29, 1.82) is 0 Å². The van der Waals surface area contributed by atoms with Crippen LogP contribution < -0.4 is 10.6 Å². The lowest BCUT2D eigenvalue weighted by Crippen LogP contribution is -2.41. The van der Waals surface area contributed by atoms with Crippen LogP contribution in [0.15, 0.2) is 48.5 Å². The van der Waals surface area contributed by atoms with Crippen molar-refractivity contribution >= 4 is 6.03 Å². The molecule has 2 aliphatic rings. The number of benzene rings is 2. The van der Waals surface area contributed by atoms with Crippen LogP contribution in [-0.4, -0.2) is 6.03 Å². The summed E-state index contributed by atoms with van der Waals surface area (Å²) in [7, 11) is 0. The molecule has 0 saturated heterocycles. The summed E-state index contributed by atoms with van der Waals surface area (Å²) in [5.41, 5.74) is 5.31. The molecule has 0 heterocycles. The molecule has 0 unspecified atom stereocenters. The van der Waals surface area contributed by atoms with E-state index in [1.165, 1.54) is 22.3 Å². The zero-order valence-corrected chi connectivity index (χ0v) is 13.9. The van der Waals surface area contributed by atoms with E-state index in [0.717, 1.165) is 38.5 Å². The smallest absolute Gasteiger partial charge is 0.315 e. The molecule has 3 heteroatoms. The van der Waals surface area contributed by atoms with Crippen molar-refractivity contribution in [3.05, 3.63) is 70.8 Å². The highest BCUT2D eigenvalue weighted by Crippen LogP contribution is 2.31. The minimum atomic E-state index is -0.0431. The van der Waals surface area contributed by atoms with E-state index in [4.69, 9.17) is 0 Å². The van der Waals surface area contributed by atoms with Gasteiger partial charge < -0.3 is 10.6 Å². The summed E-state index contributed by atoms with van der Waals surface area (Å²) in [6.45, 7) is 0. The summed E-state index contributed by atoms with van der Waals surface area (Å²) in [4.78, 5) is 12.6. The lowest BCUT2D eigenvalue weighted by atomic mass is 9.87. The van der Waals surface area contributed by atoms with E-state index in [2.05, 4.69) is 59.2 Å². The maximum Gasteiger partial charge on any atom is 0.315 e. The first-order valence-corrected chi connectivity index (χ1v) is 9.04. The van der Waals surface area contributed by atoms with Crippen LogP contribution in [0.5, 0.6) is 0 Å². The SMILES string of the molecule is O=C(N[C@H]1CCCc2ccccc21)N[C@H]1CCCc2ccccc21. The van der Waals surface area contributed by atoms with Gasteiger partial charge >= 0.3 is 6.03 Å². The third kappa shape index (κ3) is 3.03. The molecule has 2 atom stereocenters. The zero-order chi connectivity index (χ0) is 16.4. The average molecular weight is 320 g/mol. The van der Waals surface area contributed by atoms with Crippen molar-refractivity contribution in [1.82, 2.24) is 10.6 Å². The number of nitrogens with one attached hydrogen (secondary N) is 2. The number of amides is 2. The van der Waals surface area contributed by atoms with E-state index in [0.29, 0.717) is 0 Å². The monoisotopic (exact) mass is 320 g/mol. The van der Waals surface area contributed by atoms with Gasteiger partial charge in [0, 0.05) is 0 Å². The maximum atomic E-state index is 12.6. The van der Waals surface area contributed by atoms with Crippen molar-refractivity contribution in [2.45, 2.75) is 50.6 Å². The summed E-state index contributed by atoms with van der Waals surface area (Å²) in [5, 5.41) is 6.41. The Labute approximate surface area is 143 Å². The number of fused-ring (bicyclic) bond motifs is 2. The van der Waals surface area contributed by atoms with Crippen LogP contribution in [-0.2, 0) is 12.8 Å². The third-order valence-electron chi connectivity index (χ3n) is 5.35. The van der Waals surface area contributed by atoms with Crippen LogP contribution in [0.1, 0.15) is 60.0 Å². The van der Waals surface area contributed by atoms with Crippen molar-refractivity contribution in [3.63, 3.8) is 0 Å². The molecular weight excluding hydrogens is 296 g/mol.